The molecular formula is C16H16BrClN2O. The van der Waals surface area contributed by atoms with Gasteiger partial charge in [-0.1, -0.05) is 45.7 Å². The van der Waals surface area contributed by atoms with Crippen LogP contribution >= 0.6 is 27.5 Å². The van der Waals surface area contributed by atoms with E-state index in [1.54, 1.807) is 0 Å². The van der Waals surface area contributed by atoms with Gasteiger partial charge in [0.25, 0.3) is 0 Å². The number of hydrogen-bond acceptors (Lipinski definition) is 3. The van der Waals surface area contributed by atoms with E-state index >= 15 is 0 Å². The summed E-state index contributed by atoms with van der Waals surface area (Å²) in [6, 6.07) is 13.6. The SMILES string of the molecule is NNC(c1cccc(OC2CC2)c1)c1ccc(Cl)cc1Br. The zero-order valence-corrected chi connectivity index (χ0v) is 13.7. The zero-order valence-electron chi connectivity index (χ0n) is 11.4. The largest absolute Gasteiger partial charge is 0.490 e. The van der Waals surface area contributed by atoms with Crippen LogP contribution in [0.25, 0.3) is 0 Å². The maximum atomic E-state index is 6.00. The van der Waals surface area contributed by atoms with Gasteiger partial charge in [0.15, 0.2) is 0 Å². The molecule has 1 unspecified atom stereocenters. The molecule has 2 aromatic rings. The van der Waals surface area contributed by atoms with Crippen LogP contribution in [-0.2, 0) is 0 Å². The third kappa shape index (κ3) is 3.58. The molecule has 3 N–H and O–H groups in total. The number of rotatable bonds is 5. The Labute approximate surface area is 137 Å². The Kier molecular flexibility index (Phi) is 4.50. The zero-order chi connectivity index (χ0) is 14.8. The van der Waals surface area contributed by atoms with Gasteiger partial charge in [-0.2, -0.15) is 0 Å². The molecule has 110 valence electrons. The van der Waals surface area contributed by atoms with Crippen LogP contribution in [0, 0.1) is 0 Å². The van der Waals surface area contributed by atoms with E-state index in [9.17, 15) is 0 Å². The lowest BCUT2D eigenvalue weighted by Crippen LogP contribution is -2.29. The van der Waals surface area contributed by atoms with Gasteiger partial charge in [0.2, 0.25) is 0 Å². The molecule has 0 radical (unpaired) electrons. The van der Waals surface area contributed by atoms with Gasteiger partial charge in [0.05, 0.1) is 12.1 Å². The molecule has 0 amide bonds. The topological polar surface area (TPSA) is 47.3 Å². The summed E-state index contributed by atoms with van der Waals surface area (Å²) in [5, 5.41) is 0.687. The van der Waals surface area contributed by atoms with Crippen LogP contribution in [0.5, 0.6) is 5.75 Å². The molecule has 2 aromatic carbocycles. The van der Waals surface area contributed by atoms with Crippen molar-refractivity contribution in [2.75, 3.05) is 0 Å². The lowest BCUT2D eigenvalue weighted by atomic mass is 9.99. The Bertz CT molecular complexity index is 646. The molecule has 3 rings (SSSR count). The predicted octanol–water partition coefficient (Wildman–Crippen LogP) is 4.20. The number of hydrogen-bond donors (Lipinski definition) is 2. The Morgan fingerprint density at radius 1 is 1.24 bits per heavy atom. The fourth-order valence-corrected chi connectivity index (χ4v) is 3.16. The van der Waals surface area contributed by atoms with E-state index in [4.69, 9.17) is 22.2 Å². The monoisotopic (exact) mass is 366 g/mol. The van der Waals surface area contributed by atoms with Crippen molar-refractivity contribution in [1.82, 2.24) is 5.43 Å². The van der Waals surface area contributed by atoms with Crippen molar-refractivity contribution in [3.8, 4) is 5.75 Å². The number of halogens is 2. The van der Waals surface area contributed by atoms with Gasteiger partial charge in [-0.25, -0.2) is 5.43 Å². The second-order valence-electron chi connectivity index (χ2n) is 5.16. The van der Waals surface area contributed by atoms with Gasteiger partial charge < -0.3 is 4.74 Å². The van der Waals surface area contributed by atoms with Gasteiger partial charge in [0, 0.05) is 9.50 Å². The van der Waals surface area contributed by atoms with Crippen molar-refractivity contribution in [1.29, 1.82) is 0 Å². The summed E-state index contributed by atoms with van der Waals surface area (Å²) >= 11 is 9.54. The quantitative estimate of drug-likeness (QED) is 0.615. The molecular weight excluding hydrogens is 352 g/mol. The second-order valence-corrected chi connectivity index (χ2v) is 6.45. The average molecular weight is 368 g/mol. The Balaban J connectivity index is 1.91. The first-order chi connectivity index (χ1) is 10.2. The molecule has 1 saturated carbocycles. The molecule has 0 spiro atoms. The van der Waals surface area contributed by atoms with Crippen molar-refractivity contribution >= 4 is 27.5 Å². The maximum absolute atomic E-state index is 6.00. The fraction of sp³-hybridized carbons (Fsp3) is 0.250. The van der Waals surface area contributed by atoms with Crippen LogP contribution in [0.2, 0.25) is 5.02 Å². The minimum atomic E-state index is -0.126. The van der Waals surface area contributed by atoms with Gasteiger partial charge >= 0.3 is 0 Å². The van der Waals surface area contributed by atoms with Crippen LogP contribution in [0.3, 0.4) is 0 Å². The molecule has 0 saturated heterocycles. The van der Waals surface area contributed by atoms with E-state index in [-0.39, 0.29) is 6.04 Å². The highest BCUT2D eigenvalue weighted by atomic mass is 79.9. The molecule has 3 nitrogen and oxygen atoms in total. The molecule has 0 heterocycles. The molecule has 0 bridgehead atoms. The number of benzene rings is 2. The van der Waals surface area contributed by atoms with Crippen molar-refractivity contribution in [2.45, 2.75) is 25.0 Å². The summed E-state index contributed by atoms with van der Waals surface area (Å²) in [4.78, 5) is 0. The Hall–Kier alpha value is -1.07. The normalized spacial score (nSPS) is 15.8. The smallest absolute Gasteiger partial charge is 0.120 e. The first-order valence-electron chi connectivity index (χ1n) is 6.85. The summed E-state index contributed by atoms with van der Waals surface area (Å²) in [5.74, 6) is 6.65. The van der Waals surface area contributed by atoms with Gasteiger partial charge in [-0.3, -0.25) is 5.84 Å². The predicted molar refractivity (Wildman–Crippen MR) is 88.4 cm³/mol. The molecule has 5 heteroatoms. The first kappa shape index (κ1) is 14.9. The van der Waals surface area contributed by atoms with Crippen molar-refractivity contribution in [3.63, 3.8) is 0 Å². The van der Waals surface area contributed by atoms with E-state index in [1.807, 2.05) is 42.5 Å². The highest BCUT2D eigenvalue weighted by molar-refractivity contribution is 9.10. The van der Waals surface area contributed by atoms with Crippen molar-refractivity contribution < 1.29 is 4.74 Å². The van der Waals surface area contributed by atoms with Crippen LogP contribution in [-0.4, -0.2) is 6.10 Å². The highest BCUT2D eigenvalue weighted by Crippen LogP contribution is 2.33. The second kappa shape index (κ2) is 6.36. The first-order valence-corrected chi connectivity index (χ1v) is 8.02. The summed E-state index contributed by atoms with van der Waals surface area (Å²) in [6.07, 6.45) is 2.67. The van der Waals surface area contributed by atoms with E-state index in [0.717, 1.165) is 34.2 Å². The molecule has 1 aliphatic rings. The molecule has 1 fully saturated rings. The number of ether oxygens (including phenoxy) is 1. The van der Waals surface area contributed by atoms with Gasteiger partial charge in [-0.05, 0) is 48.2 Å². The van der Waals surface area contributed by atoms with Crippen LogP contribution in [0.1, 0.15) is 30.0 Å². The van der Waals surface area contributed by atoms with Crippen LogP contribution in [0.4, 0.5) is 0 Å². The fourth-order valence-electron chi connectivity index (χ4n) is 2.25. The lowest BCUT2D eigenvalue weighted by molar-refractivity contribution is 0.302. The van der Waals surface area contributed by atoms with Crippen LogP contribution in [0.15, 0.2) is 46.9 Å². The van der Waals surface area contributed by atoms with Crippen LogP contribution < -0.4 is 16.0 Å². The van der Waals surface area contributed by atoms with E-state index < -0.39 is 0 Å². The molecule has 1 aliphatic carbocycles. The summed E-state index contributed by atoms with van der Waals surface area (Å²) in [5.41, 5.74) is 4.95. The minimum absolute atomic E-state index is 0.126. The third-order valence-corrected chi connectivity index (χ3v) is 4.38. The minimum Gasteiger partial charge on any atom is -0.490 e. The average Bonchev–Trinajstić information content (AvgIpc) is 3.26. The Morgan fingerprint density at radius 3 is 2.71 bits per heavy atom. The van der Waals surface area contributed by atoms with E-state index in [1.165, 1.54) is 0 Å². The number of nitrogens with one attached hydrogen (secondary N) is 1. The van der Waals surface area contributed by atoms with Gasteiger partial charge in [0.1, 0.15) is 5.75 Å². The van der Waals surface area contributed by atoms with Crippen molar-refractivity contribution in [2.24, 2.45) is 5.84 Å². The third-order valence-electron chi connectivity index (χ3n) is 3.46. The molecule has 0 aliphatic heterocycles. The molecule has 0 aromatic heterocycles. The maximum Gasteiger partial charge on any atom is 0.120 e. The van der Waals surface area contributed by atoms with Gasteiger partial charge in [-0.15, -0.1) is 0 Å². The standard InChI is InChI=1S/C16H16BrClN2O/c17-15-9-11(18)4-7-14(15)16(20-19)10-2-1-3-13(8-10)21-12-5-6-12/h1-4,7-9,12,16,20H,5-6,19H2. The lowest BCUT2D eigenvalue weighted by Gasteiger charge is -2.19. The van der Waals surface area contributed by atoms with E-state index in [2.05, 4.69) is 21.4 Å². The summed E-state index contributed by atoms with van der Waals surface area (Å²) < 4.78 is 6.77. The summed E-state index contributed by atoms with van der Waals surface area (Å²) in [6.45, 7) is 0. The molecule has 21 heavy (non-hydrogen) atoms. The van der Waals surface area contributed by atoms with E-state index in [0.29, 0.717) is 11.1 Å². The number of hydrazine groups is 1. The highest BCUT2D eigenvalue weighted by Gasteiger charge is 2.24. The Morgan fingerprint density at radius 2 is 2.05 bits per heavy atom. The van der Waals surface area contributed by atoms with Crippen molar-refractivity contribution in [3.05, 3.63) is 63.1 Å². The summed E-state index contributed by atoms with van der Waals surface area (Å²) in [7, 11) is 0. The number of nitrogens with two attached hydrogens (primary N) is 1. The molecule has 1 atom stereocenters.